The first-order chi connectivity index (χ1) is 9.77. The molecular weight excluding hydrogens is 291 g/mol. The Kier molecular flexibility index (Phi) is 4.58. The van der Waals surface area contributed by atoms with Gasteiger partial charge in [0, 0.05) is 11.6 Å². The minimum atomic E-state index is -1.19. The molecule has 114 valence electrons. The van der Waals surface area contributed by atoms with Crippen molar-refractivity contribution in [3.8, 4) is 11.3 Å². The Morgan fingerprint density at radius 1 is 1.29 bits per heavy atom. The number of benzene rings is 1. The van der Waals surface area contributed by atoms with Crippen molar-refractivity contribution < 1.29 is 13.1 Å². The van der Waals surface area contributed by atoms with Gasteiger partial charge in [-0.25, -0.2) is 13.3 Å². The van der Waals surface area contributed by atoms with Crippen LogP contribution in [0.4, 0.5) is 4.39 Å². The number of hydrogen-bond acceptors (Lipinski definition) is 3. The van der Waals surface area contributed by atoms with Gasteiger partial charge in [0.15, 0.2) is 5.76 Å². The standard InChI is InChI=1S/C15H19FN2O2S/c1-10(18-21(19)15(2,3)4)13-9-14(20-17-13)11-5-7-12(16)8-6-11/h5-10,18H,1-4H3/t10-,21-/m0/s1. The highest BCUT2D eigenvalue weighted by molar-refractivity contribution is 7.84. The molecule has 0 aliphatic carbocycles. The molecule has 0 fully saturated rings. The molecule has 1 N–H and O–H groups in total. The second-order valence-corrected chi connectivity index (χ2v) is 7.84. The molecular formula is C15H19FN2O2S. The zero-order chi connectivity index (χ0) is 15.6. The molecule has 4 nitrogen and oxygen atoms in total. The third kappa shape index (κ3) is 3.98. The van der Waals surface area contributed by atoms with E-state index in [0.717, 1.165) is 5.56 Å². The number of rotatable bonds is 4. The van der Waals surface area contributed by atoms with Gasteiger partial charge >= 0.3 is 0 Å². The van der Waals surface area contributed by atoms with Crippen LogP contribution in [0, 0.1) is 5.82 Å². The molecule has 1 aromatic carbocycles. The molecule has 2 atom stereocenters. The van der Waals surface area contributed by atoms with E-state index in [1.807, 2.05) is 27.7 Å². The van der Waals surface area contributed by atoms with Gasteiger partial charge in [0.1, 0.15) is 11.5 Å². The molecule has 0 unspecified atom stereocenters. The van der Waals surface area contributed by atoms with E-state index in [2.05, 4.69) is 9.88 Å². The molecule has 0 saturated heterocycles. The first-order valence-electron chi connectivity index (χ1n) is 6.68. The van der Waals surface area contributed by atoms with Gasteiger partial charge in [0.25, 0.3) is 0 Å². The second kappa shape index (κ2) is 6.07. The first-order valence-corrected chi connectivity index (χ1v) is 7.83. The minimum absolute atomic E-state index is 0.206. The maximum absolute atomic E-state index is 12.9. The summed E-state index contributed by atoms with van der Waals surface area (Å²) in [5.41, 5.74) is 1.41. The van der Waals surface area contributed by atoms with Gasteiger partial charge in [-0.05, 0) is 52.0 Å². The molecule has 1 aromatic heterocycles. The Hall–Kier alpha value is -1.53. The van der Waals surface area contributed by atoms with Crippen LogP contribution in [0.5, 0.6) is 0 Å². The lowest BCUT2D eigenvalue weighted by Crippen LogP contribution is -2.34. The smallest absolute Gasteiger partial charge is 0.167 e. The Morgan fingerprint density at radius 3 is 2.48 bits per heavy atom. The largest absolute Gasteiger partial charge is 0.356 e. The van der Waals surface area contributed by atoms with Crippen molar-refractivity contribution in [2.75, 3.05) is 0 Å². The van der Waals surface area contributed by atoms with E-state index in [1.54, 1.807) is 18.2 Å². The van der Waals surface area contributed by atoms with Crippen molar-refractivity contribution >= 4 is 11.0 Å². The van der Waals surface area contributed by atoms with E-state index >= 15 is 0 Å². The van der Waals surface area contributed by atoms with Crippen LogP contribution in [0.15, 0.2) is 34.9 Å². The molecule has 6 heteroatoms. The van der Waals surface area contributed by atoms with Crippen LogP contribution in [0.3, 0.4) is 0 Å². The van der Waals surface area contributed by atoms with Crippen molar-refractivity contribution in [3.63, 3.8) is 0 Å². The lowest BCUT2D eigenvalue weighted by Gasteiger charge is -2.20. The molecule has 0 spiro atoms. The van der Waals surface area contributed by atoms with Crippen molar-refractivity contribution in [2.45, 2.75) is 38.5 Å². The van der Waals surface area contributed by atoms with Crippen molar-refractivity contribution in [2.24, 2.45) is 0 Å². The van der Waals surface area contributed by atoms with Gasteiger partial charge in [0.2, 0.25) is 0 Å². The number of aromatic nitrogens is 1. The average molecular weight is 310 g/mol. The second-order valence-electron chi connectivity index (χ2n) is 5.84. The predicted octanol–water partition coefficient (Wildman–Crippen LogP) is 3.59. The molecule has 0 radical (unpaired) electrons. The topological polar surface area (TPSA) is 55.1 Å². The molecule has 0 aliphatic heterocycles. The molecule has 2 rings (SSSR count). The summed E-state index contributed by atoms with van der Waals surface area (Å²) in [4.78, 5) is 0. The molecule has 0 aliphatic rings. The van der Waals surface area contributed by atoms with Crippen LogP contribution in [-0.2, 0) is 11.0 Å². The molecule has 21 heavy (non-hydrogen) atoms. The zero-order valence-corrected chi connectivity index (χ0v) is 13.3. The fourth-order valence-electron chi connectivity index (χ4n) is 1.64. The van der Waals surface area contributed by atoms with Crippen LogP contribution in [-0.4, -0.2) is 14.1 Å². The normalized spacial score (nSPS) is 14.9. The van der Waals surface area contributed by atoms with E-state index in [-0.39, 0.29) is 16.6 Å². The lowest BCUT2D eigenvalue weighted by atomic mass is 10.1. The molecule has 0 amide bonds. The van der Waals surface area contributed by atoms with E-state index in [1.165, 1.54) is 12.1 Å². The number of hydrogen-bond donors (Lipinski definition) is 1. The van der Waals surface area contributed by atoms with Gasteiger partial charge in [-0.1, -0.05) is 5.16 Å². The summed E-state index contributed by atoms with van der Waals surface area (Å²) in [5, 5.41) is 3.98. The minimum Gasteiger partial charge on any atom is -0.356 e. The van der Waals surface area contributed by atoms with E-state index in [9.17, 15) is 8.60 Å². The summed E-state index contributed by atoms with van der Waals surface area (Å²) >= 11 is 0. The molecule has 1 heterocycles. The molecule has 0 bridgehead atoms. The fraction of sp³-hybridized carbons (Fsp3) is 0.400. The van der Waals surface area contributed by atoms with Crippen LogP contribution in [0.1, 0.15) is 39.4 Å². The Balaban J connectivity index is 2.12. The number of halogens is 1. The Labute approximate surface area is 126 Å². The Morgan fingerprint density at radius 2 is 1.90 bits per heavy atom. The van der Waals surface area contributed by atoms with Crippen LogP contribution < -0.4 is 4.72 Å². The highest BCUT2D eigenvalue weighted by atomic mass is 32.2. The number of nitrogens with zero attached hydrogens (tertiary/aromatic N) is 1. The van der Waals surface area contributed by atoms with Crippen molar-refractivity contribution in [1.29, 1.82) is 0 Å². The van der Waals surface area contributed by atoms with Gasteiger partial charge in [0.05, 0.1) is 21.8 Å². The van der Waals surface area contributed by atoms with Crippen LogP contribution in [0.2, 0.25) is 0 Å². The third-order valence-corrected chi connectivity index (χ3v) is 4.62. The Bertz CT molecular complexity index is 632. The van der Waals surface area contributed by atoms with Gasteiger partial charge in [-0.15, -0.1) is 0 Å². The van der Waals surface area contributed by atoms with Gasteiger partial charge in [-0.2, -0.15) is 0 Å². The summed E-state index contributed by atoms with van der Waals surface area (Å²) in [6.45, 7) is 7.57. The summed E-state index contributed by atoms with van der Waals surface area (Å²) < 4.78 is 32.9. The maximum atomic E-state index is 12.9. The summed E-state index contributed by atoms with van der Waals surface area (Å²) in [5.74, 6) is 0.259. The van der Waals surface area contributed by atoms with E-state index in [0.29, 0.717) is 11.5 Å². The lowest BCUT2D eigenvalue weighted by molar-refractivity contribution is 0.416. The highest BCUT2D eigenvalue weighted by Crippen LogP contribution is 2.24. The monoisotopic (exact) mass is 310 g/mol. The summed E-state index contributed by atoms with van der Waals surface area (Å²) in [6.07, 6.45) is 0. The predicted molar refractivity (Wildman–Crippen MR) is 81.3 cm³/mol. The van der Waals surface area contributed by atoms with Crippen LogP contribution in [0.25, 0.3) is 11.3 Å². The number of nitrogens with one attached hydrogen (secondary N) is 1. The first kappa shape index (κ1) is 15.9. The molecule has 0 saturated carbocycles. The van der Waals surface area contributed by atoms with E-state index in [4.69, 9.17) is 4.52 Å². The summed E-state index contributed by atoms with van der Waals surface area (Å²) in [6, 6.07) is 7.56. The SMILES string of the molecule is C[C@H](N[S@@](=O)C(C)(C)C)c1cc(-c2ccc(F)cc2)on1. The van der Waals surface area contributed by atoms with Gasteiger partial charge < -0.3 is 4.52 Å². The van der Waals surface area contributed by atoms with Gasteiger partial charge in [-0.3, -0.25) is 0 Å². The summed E-state index contributed by atoms with van der Waals surface area (Å²) in [7, 11) is -1.19. The van der Waals surface area contributed by atoms with Crippen molar-refractivity contribution in [3.05, 3.63) is 41.8 Å². The third-order valence-electron chi connectivity index (χ3n) is 2.94. The van der Waals surface area contributed by atoms with Crippen molar-refractivity contribution in [1.82, 2.24) is 9.88 Å². The quantitative estimate of drug-likeness (QED) is 0.939. The highest BCUT2D eigenvalue weighted by Gasteiger charge is 2.23. The van der Waals surface area contributed by atoms with Crippen LogP contribution >= 0.6 is 0 Å². The maximum Gasteiger partial charge on any atom is 0.167 e. The van der Waals surface area contributed by atoms with E-state index < -0.39 is 11.0 Å². The average Bonchev–Trinajstić information content (AvgIpc) is 2.88. The fourth-order valence-corrected chi connectivity index (χ4v) is 2.44. The molecule has 2 aromatic rings. The zero-order valence-electron chi connectivity index (χ0n) is 12.5.